The van der Waals surface area contributed by atoms with E-state index >= 15 is 0 Å². The monoisotopic (exact) mass is 345 g/mol. The number of benzene rings is 1. The summed E-state index contributed by atoms with van der Waals surface area (Å²) in [5, 5.41) is 3.02. The molecule has 2 heterocycles. The molecule has 0 saturated carbocycles. The minimum absolute atomic E-state index is 0.00526. The van der Waals surface area contributed by atoms with Crippen molar-refractivity contribution < 1.29 is 14.3 Å². The zero-order valence-electron chi connectivity index (χ0n) is 14.8. The van der Waals surface area contributed by atoms with Gasteiger partial charge in [0.2, 0.25) is 11.8 Å². The van der Waals surface area contributed by atoms with Gasteiger partial charge in [-0.05, 0) is 42.9 Å². The third kappa shape index (κ3) is 4.51. The van der Waals surface area contributed by atoms with Gasteiger partial charge >= 0.3 is 0 Å². The Balaban J connectivity index is 1.59. The number of carbonyl (C=O) groups excluding carboxylic acids is 2. The Morgan fingerprint density at radius 2 is 2.16 bits per heavy atom. The molecule has 2 amide bonds. The molecule has 136 valence electrons. The van der Waals surface area contributed by atoms with Crippen LogP contribution in [0.1, 0.15) is 37.3 Å². The molecule has 0 aliphatic carbocycles. The first kappa shape index (κ1) is 17.7. The molecule has 0 spiro atoms. The standard InChI is InChI=1S/C19H27N3O3/c1-13(23)22-11-16(5-6-17(20)12-22)19(24)21-10-14-4-7-18-15(9-14)3-2-8-25-18/h4,7,9,16-17H,2-3,5-6,8,10-12,20H2,1H3,(H,21,24)/t16-,17+/m1/s1. The van der Waals surface area contributed by atoms with Crippen LogP contribution < -0.4 is 15.8 Å². The molecule has 1 fully saturated rings. The molecule has 1 saturated heterocycles. The van der Waals surface area contributed by atoms with E-state index in [1.54, 1.807) is 4.90 Å². The first-order valence-corrected chi connectivity index (χ1v) is 9.06. The summed E-state index contributed by atoms with van der Waals surface area (Å²) >= 11 is 0. The number of ether oxygens (including phenoxy) is 1. The first-order valence-electron chi connectivity index (χ1n) is 9.06. The molecule has 0 radical (unpaired) electrons. The Labute approximate surface area is 148 Å². The van der Waals surface area contributed by atoms with Crippen LogP contribution in [0.2, 0.25) is 0 Å². The summed E-state index contributed by atoms with van der Waals surface area (Å²) in [7, 11) is 0. The minimum atomic E-state index is -0.196. The number of nitrogens with two attached hydrogens (primary N) is 1. The number of hydrogen-bond donors (Lipinski definition) is 2. The highest BCUT2D eigenvalue weighted by atomic mass is 16.5. The van der Waals surface area contributed by atoms with Crippen molar-refractivity contribution in [3.05, 3.63) is 29.3 Å². The van der Waals surface area contributed by atoms with Crippen LogP contribution in [0.25, 0.3) is 0 Å². The van der Waals surface area contributed by atoms with Gasteiger partial charge in [-0.25, -0.2) is 0 Å². The summed E-state index contributed by atoms with van der Waals surface area (Å²) in [6, 6.07) is 6.04. The van der Waals surface area contributed by atoms with Gasteiger partial charge in [-0.2, -0.15) is 0 Å². The van der Waals surface area contributed by atoms with Crippen molar-refractivity contribution in [2.45, 2.75) is 45.2 Å². The van der Waals surface area contributed by atoms with E-state index < -0.39 is 0 Å². The van der Waals surface area contributed by atoms with Crippen molar-refractivity contribution in [2.24, 2.45) is 11.7 Å². The number of aryl methyl sites for hydroxylation is 1. The van der Waals surface area contributed by atoms with Crippen molar-refractivity contribution in [3.63, 3.8) is 0 Å². The number of amides is 2. The van der Waals surface area contributed by atoms with E-state index in [1.165, 1.54) is 12.5 Å². The number of likely N-dealkylation sites (tertiary alicyclic amines) is 1. The summed E-state index contributed by atoms with van der Waals surface area (Å²) in [6.07, 6.45) is 3.53. The third-order valence-corrected chi connectivity index (χ3v) is 5.04. The van der Waals surface area contributed by atoms with Crippen LogP contribution >= 0.6 is 0 Å². The van der Waals surface area contributed by atoms with Crippen molar-refractivity contribution in [2.75, 3.05) is 19.7 Å². The summed E-state index contributed by atoms with van der Waals surface area (Å²) in [5.41, 5.74) is 8.30. The minimum Gasteiger partial charge on any atom is -0.493 e. The highest BCUT2D eigenvalue weighted by molar-refractivity contribution is 5.80. The fraction of sp³-hybridized carbons (Fsp3) is 0.579. The number of fused-ring (bicyclic) bond motifs is 1. The van der Waals surface area contributed by atoms with Gasteiger partial charge < -0.3 is 20.7 Å². The number of rotatable bonds is 3. The van der Waals surface area contributed by atoms with Gasteiger partial charge in [-0.3, -0.25) is 9.59 Å². The van der Waals surface area contributed by atoms with Crippen molar-refractivity contribution in [3.8, 4) is 5.75 Å². The molecule has 25 heavy (non-hydrogen) atoms. The lowest BCUT2D eigenvalue weighted by Crippen LogP contribution is -2.42. The maximum Gasteiger partial charge on any atom is 0.225 e. The lowest BCUT2D eigenvalue weighted by Gasteiger charge is -2.23. The van der Waals surface area contributed by atoms with Crippen LogP contribution in [0.5, 0.6) is 5.75 Å². The second kappa shape index (κ2) is 7.87. The lowest BCUT2D eigenvalue weighted by molar-refractivity contribution is -0.131. The third-order valence-electron chi connectivity index (χ3n) is 5.04. The number of nitrogens with zero attached hydrogens (tertiary/aromatic N) is 1. The number of hydrogen-bond acceptors (Lipinski definition) is 4. The fourth-order valence-corrected chi connectivity index (χ4v) is 3.55. The second-order valence-electron chi connectivity index (χ2n) is 7.07. The van der Waals surface area contributed by atoms with Gasteiger partial charge in [-0.15, -0.1) is 0 Å². The maximum absolute atomic E-state index is 12.6. The van der Waals surface area contributed by atoms with Gasteiger partial charge in [0.15, 0.2) is 0 Å². The molecule has 2 aliphatic rings. The van der Waals surface area contributed by atoms with Gasteiger partial charge in [-0.1, -0.05) is 12.1 Å². The SMILES string of the molecule is CC(=O)N1C[C@@H](N)CC[C@@H](C(=O)NCc2ccc3c(c2)CCCO3)C1. The zero-order chi connectivity index (χ0) is 17.8. The fourth-order valence-electron chi connectivity index (χ4n) is 3.55. The maximum atomic E-state index is 12.6. The van der Waals surface area contributed by atoms with E-state index in [0.717, 1.165) is 43.6 Å². The van der Waals surface area contributed by atoms with E-state index in [2.05, 4.69) is 11.4 Å². The zero-order valence-corrected chi connectivity index (χ0v) is 14.8. The summed E-state index contributed by atoms with van der Waals surface area (Å²) in [6.45, 7) is 3.79. The Hall–Kier alpha value is -2.08. The van der Waals surface area contributed by atoms with Gasteiger partial charge in [0.25, 0.3) is 0 Å². The van der Waals surface area contributed by atoms with Crippen LogP contribution in [0.3, 0.4) is 0 Å². The van der Waals surface area contributed by atoms with Gasteiger partial charge in [0, 0.05) is 32.6 Å². The number of nitrogens with one attached hydrogen (secondary N) is 1. The average Bonchev–Trinajstić information content (AvgIpc) is 2.81. The molecule has 3 N–H and O–H groups in total. The molecule has 1 aromatic rings. The molecular formula is C19H27N3O3. The van der Waals surface area contributed by atoms with Crippen LogP contribution in [-0.4, -0.2) is 42.5 Å². The van der Waals surface area contributed by atoms with Crippen LogP contribution in [0.4, 0.5) is 0 Å². The highest BCUT2D eigenvalue weighted by Gasteiger charge is 2.28. The Morgan fingerprint density at radius 1 is 1.32 bits per heavy atom. The van der Waals surface area contributed by atoms with E-state index in [9.17, 15) is 9.59 Å². The predicted octanol–water partition coefficient (Wildman–Crippen LogP) is 1.21. The van der Waals surface area contributed by atoms with Gasteiger partial charge in [0.05, 0.1) is 12.5 Å². The smallest absolute Gasteiger partial charge is 0.225 e. The second-order valence-corrected chi connectivity index (χ2v) is 7.07. The molecule has 0 bridgehead atoms. The molecule has 6 heteroatoms. The van der Waals surface area contributed by atoms with E-state index in [1.807, 2.05) is 12.1 Å². The Morgan fingerprint density at radius 3 is 2.96 bits per heavy atom. The number of carbonyl (C=O) groups is 2. The predicted molar refractivity (Wildman–Crippen MR) is 95.1 cm³/mol. The van der Waals surface area contributed by atoms with Crippen LogP contribution in [0, 0.1) is 5.92 Å². The molecule has 2 aliphatic heterocycles. The van der Waals surface area contributed by atoms with Gasteiger partial charge in [0.1, 0.15) is 5.75 Å². The summed E-state index contributed by atoms with van der Waals surface area (Å²) < 4.78 is 5.62. The first-order chi connectivity index (χ1) is 12.0. The van der Waals surface area contributed by atoms with Crippen LogP contribution in [-0.2, 0) is 22.6 Å². The van der Waals surface area contributed by atoms with Crippen molar-refractivity contribution >= 4 is 11.8 Å². The molecule has 0 aromatic heterocycles. The van der Waals surface area contributed by atoms with E-state index in [-0.39, 0.29) is 23.8 Å². The molecular weight excluding hydrogens is 318 g/mol. The Bertz CT molecular complexity index is 647. The van der Waals surface area contributed by atoms with Crippen LogP contribution in [0.15, 0.2) is 18.2 Å². The summed E-state index contributed by atoms with van der Waals surface area (Å²) in [4.78, 5) is 26.0. The molecule has 1 aromatic carbocycles. The highest BCUT2D eigenvalue weighted by Crippen LogP contribution is 2.25. The van der Waals surface area contributed by atoms with Crippen molar-refractivity contribution in [1.29, 1.82) is 0 Å². The largest absolute Gasteiger partial charge is 0.493 e. The lowest BCUT2D eigenvalue weighted by atomic mass is 10.0. The molecule has 0 unspecified atom stereocenters. The molecule has 3 rings (SSSR count). The normalized spacial score (nSPS) is 23.2. The Kier molecular flexibility index (Phi) is 5.58. The molecule has 2 atom stereocenters. The van der Waals surface area contributed by atoms with Crippen molar-refractivity contribution in [1.82, 2.24) is 10.2 Å². The molecule has 6 nitrogen and oxygen atoms in total. The average molecular weight is 345 g/mol. The topological polar surface area (TPSA) is 84.7 Å². The summed E-state index contributed by atoms with van der Waals surface area (Å²) in [5.74, 6) is 0.730. The quantitative estimate of drug-likeness (QED) is 0.862. The van der Waals surface area contributed by atoms with E-state index in [0.29, 0.717) is 19.6 Å². The van der Waals surface area contributed by atoms with E-state index in [4.69, 9.17) is 10.5 Å².